The highest BCUT2D eigenvalue weighted by molar-refractivity contribution is 7.25. The highest BCUT2D eigenvalue weighted by Crippen LogP contribution is 2.38. The van der Waals surface area contributed by atoms with Crippen molar-refractivity contribution in [2.45, 2.75) is 0 Å². The molecule has 0 unspecified atom stereocenters. The molecule has 0 aliphatic rings. The van der Waals surface area contributed by atoms with Gasteiger partial charge in [0.05, 0.1) is 0 Å². The number of fused-ring (bicyclic) bond motifs is 3. The summed E-state index contributed by atoms with van der Waals surface area (Å²) in [5.41, 5.74) is 11.9. The Morgan fingerprint density at radius 2 is 0.709 bits per heavy atom. The van der Waals surface area contributed by atoms with Crippen LogP contribution in [0.1, 0.15) is 0 Å². The van der Waals surface area contributed by atoms with Crippen molar-refractivity contribution in [2.24, 2.45) is 0 Å². The molecule has 0 N–H and O–H groups in total. The van der Waals surface area contributed by atoms with Gasteiger partial charge < -0.3 is 0 Å². The fourth-order valence-corrected chi connectivity index (χ4v) is 8.51. The summed E-state index contributed by atoms with van der Waals surface area (Å²) in [4.78, 5) is 15.4. The number of benzene rings is 8. The van der Waals surface area contributed by atoms with Crippen LogP contribution in [0.5, 0.6) is 0 Å². The van der Waals surface area contributed by atoms with Gasteiger partial charge in [-0.2, -0.15) is 0 Å². The zero-order valence-electron chi connectivity index (χ0n) is 29.8. The fourth-order valence-electron chi connectivity index (χ4n) is 7.37. The molecule has 0 fully saturated rings. The van der Waals surface area contributed by atoms with E-state index in [1.165, 1.54) is 36.9 Å². The van der Waals surface area contributed by atoms with Crippen LogP contribution >= 0.6 is 11.3 Å². The lowest BCUT2D eigenvalue weighted by Crippen LogP contribution is -2.01. The highest BCUT2D eigenvalue weighted by atomic mass is 32.1. The molecule has 0 amide bonds. The molecular formula is C51H33N3S. The first kappa shape index (κ1) is 32.6. The number of thiophene rings is 1. The Hall–Kier alpha value is -7.01. The van der Waals surface area contributed by atoms with E-state index < -0.39 is 0 Å². The molecule has 4 heteroatoms. The predicted molar refractivity (Wildman–Crippen MR) is 231 cm³/mol. The van der Waals surface area contributed by atoms with E-state index in [0.29, 0.717) is 17.5 Å². The summed E-state index contributed by atoms with van der Waals surface area (Å²) < 4.78 is 2.62. The normalized spacial score (nSPS) is 11.3. The quantitative estimate of drug-likeness (QED) is 0.165. The van der Waals surface area contributed by atoms with E-state index in [1.807, 2.05) is 29.5 Å². The second-order valence-corrected chi connectivity index (χ2v) is 14.7. The van der Waals surface area contributed by atoms with Gasteiger partial charge in [-0.25, -0.2) is 15.0 Å². The minimum atomic E-state index is 0.628. The third kappa shape index (κ3) is 6.39. The average Bonchev–Trinajstić information content (AvgIpc) is 3.65. The van der Waals surface area contributed by atoms with Gasteiger partial charge in [-0.05, 0) is 68.8 Å². The van der Waals surface area contributed by atoms with E-state index in [-0.39, 0.29) is 0 Å². The molecule has 0 aliphatic carbocycles. The van der Waals surface area contributed by atoms with Crippen molar-refractivity contribution < 1.29 is 0 Å². The fraction of sp³-hybridized carbons (Fsp3) is 0. The maximum absolute atomic E-state index is 5.18. The van der Waals surface area contributed by atoms with Crippen LogP contribution < -0.4 is 0 Å². The van der Waals surface area contributed by atoms with E-state index in [0.717, 1.165) is 44.5 Å². The maximum atomic E-state index is 5.18. The smallest absolute Gasteiger partial charge is 0.164 e. The Labute approximate surface area is 323 Å². The zero-order valence-corrected chi connectivity index (χ0v) is 30.6. The SMILES string of the molecule is c1ccc(-c2ccc(-c3nc(-c4cccc(-c5cccc(-c6ccc7c(c6)sc6ccccc67)c5)c4)nc(-c4ccccc4-c4ccccc4)n3)cc2)cc1. The van der Waals surface area contributed by atoms with Crippen molar-refractivity contribution in [3.63, 3.8) is 0 Å². The number of aromatic nitrogens is 3. The molecule has 3 nitrogen and oxygen atoms in total. The first-order chi connectivity index (χ1) is 27.2. The molecule has 55 heavy (non-hydrogen) atoms. The van der Waals surface area contributed by atoms with Crippen LogP contribution in [0.2, 0.25) is 0 Å². The van der Waals surface area contributed by atoms with Crippen molar-refractivity contribution in [3.8, 4) is 78.7 Å². The number of hydrogen-bond acceptors (Lipinski definition) is 4. The second-order valence-electron chi connectivity index (χ2n) is 13.6. The van der Waals surface area contributed by atoms with Gasteiger partial charge in [0, 0.05) is 36.9 Å². The Kier molecular flexibility index (Phi) is 8.36. The molecule has 8 aromatic carbocycles. The lowest BCUT2D eigenvalue weighted by atomic mass is 9.97. The van der Waals surface area contributed by atoms with Gasteiger partial charge >= 0.3 is 0 Å². The van der Waals surface area contributed by atoms with Crippen molar-refractivity contribution in [1.29, 1.82) is 0 Å². The number of nitrogens with zero attached hydrogens (tertiary/aromatic N) is 3. The molecular weight excluding hydrogens is 687 g/mol. The summed E-state index contributed by atoms with van der Waals surface area (Å²) in [5, 5.41) is 2.62. The third-order valence-corrected chi connectivity index (χ3v) is 11.3. The predicted octanol–water partition coefficient (Wildman–Crippen LogP) is 13.9. The van der Waals surface area contributed by atoms with Crippen molar-refractivity contribution in [3.05, 3.63) is 200 Å². The Balaban J connectivity index is 1.06. The monoisotopic (exact) mass is 719 g/mol. The van der Waals surface area contributed by atoms with E-state index in [9.17, 15) is 0 Å². The topological polar surface area (TPSA) is 38.7 Å². The summed E-state index contributed by atoms with van der Waals surface area (Å²) in [7, 11) is 0. The minimum absolute atomic E-state index is 0.628. The summed E-state index contributed by atoms with van der Waals surface area (Å²) in [6, 6.07) is 70.5. The first-order valence-corrected chi connectivity index (χ1v) is 19.2. The molecule has 0 radical (unpaired) electrons. The molecule has 2 heterocycles. The first-order valence-electron chi connectivity index (χ1n) is 18.4. The van der Waals surface area contributed by atoms with Crippen LogP contribution in [0.25, 0.3) is 98.8 Å². The van der Waals surface area contributed by atoms with Crippen LogP contribution in [-0.2, 0) is 0 Å². The summed E-state index contributed by atoms with van der Waals surface area (Å²) in [5.74, 6) is 1.89. The molecule has 0 atom stereocenters. The summed E-state index contributed by atoms with van der Waals surface area (Å²) in [6.07, 6.45) is 0. The standard InChI is InChI=1S/C51H33N3S/c1-3-13-34(14-4-1)35-25-27-37(28-26-35)49-52-50(54-51(53-49)46-23-8-7-21-43(46)36-15-5-2-6-16-36)42-20-12-19-40(32-42)38-17-11-18-39(31-38)41-29-30-45-44-22-9-10-24-47(44)55-48(45)33-41/h1-33H. The number of hydrogen-bond donors (Lipinski definition) is 0. The van der Waals surface area contributed by atoms with E-state index >= 15 is 0 Å². The van der Waals surface area contributed by atoms with Gasteiger partial charge in [0.25, 0.3) is 0 Å². The van der Waals surface area contributed by atoms with Gasteiger partial charge in [-0.1, -0.05) is 176 Å². The molecule has 0 saturated heterocycles. The summed E-state index contributed by atoms with van der Waals surface area (Å²) >= 11 is 1.85. The van der Waals surface area contributed by atoms with Crippen LogP contribution in [0.4, 0.5) is 0 Å². The van der Waals surface area contributed by atoms with Gasteiger partial charge in [-0.3, -0.25) is 0 Å². The van der Waals surface area contributed by atoms with E-state index in [1.54, 1.807) is 0 Å². The number of rotatable bonds is 7. The largest absolute Gasteiger partial charge is 0.208 e. The molecule has 0 aliphatic heterocycles. The zero-order chi connectivity index (χ0) is 36.6. The molecule has 0 bridgehead atoms. The average molecular weight is 720 g/mol. The maximum Gasteiger partial charge on any atom is 0.164 e. The molecule has 10 aromatic rings. The van der Waals surface area contributed by atoms with Crippen molar-refractivity contribution >= 4 is 31.5 Å². The Bertz CT molecular complexity index is 2970. The highest BCUT2D eigenvalue weighted by Gasteiger charge is 2.16. The molecule has 2 aromatic heterocycles. The van der Waals surface area contributed by atoms with Crippen LogP contribution in [0, 0.1) is 0 Å². The lowest BCUT2D eigenvalue weighted by molar-refractivity contribution is 1.07. The molecule has 0 saturated carbocycles. The van der Waals surface area contributed by atoms with Crippen LogP contribution in [-0.4, -0.2) is 15.0 Å². The minimum Gasteiger partial charge on any atom is -0.208 e. The van der Waals surface area contributed by atoms with Gasteiger partial charge in [-0.15, -0.1) is 11.3 Å². The van der Waals surface area contributed by atoms with E-state index in [4.69, 9.17) is 15.0 Å². The Morgan fingerprint density at radius 1 is 0.255 bits per heavy atom. The van der Waals surface area contributed by atoms with Crippen molar-refractivity contribution in [1.82, 2.24) is 15.0 Å². The van der Waals surface area contributed by atoms with Gasteiger partial charge in [0.1, 0.15) is 0 Å². The van der Waals surface area contributed by atoms with Crippen LogP contribution in [0.15, 0.2) is 200 Å². The molecule has 258 valence electrons. The van der Waals surface area contributed by atoms with Crippen molar-refractivity contribution in [2.75, 3.05) is 0 Å². The third-order valence-electron chi connectivity index (χ3n) is 10.2. The van der Waals surface area contributed by atoms with Crippen LogP contribution in [0.3, 0.4) is 0 Å². The Morgan fingerprint density at radius 3 is 1.44 bits per heavy atom. The molecule has 0 spiro atoms. The van der Waals surface area contributed by atoms with Gasteiger partial charge in [0.15, 0.2) is 17.5 Å². The van der Waals surface area contributed by atoms with E-state index in [2.05, 4.69) is 182 Å². The summed E-state index contributed by atoms with van der Waals surface area (Å²) in [6.45, 7) is 0. The lowest BCUT2D eigenvalue weighted by Gasteiger charge is -2.13. The molecule has 10 rings (SSSR count). The second kappa shape index (κ2) is 14.1. The van der Waals surface area contributed by atoms with Gasteiger partial charge in [0.2, 0.25) is 0 Å².